The summed E-state index contributed by atoms with van der Waals surface area (Å²) in [5.74, 6) is 0.423. The molecule has 92 valence electrons. The highest BCUT2D eigenvalue weighted by molar-refractivity contribution is 7.92. The molecule has 4 heteroatoms. The number of sulfone groups is 1. The van der Waals surface area contributed by atoms with E-state index in [-0.39, 0.29) is 22.3 Å². The van der Waals surface area contributed by atoms with Crippen molar-refractivity contribution in [2.75, 3.05) is 12.3 Å². The van der Waals surface area contributed by atoms with E-state index in [1.165, 1.54) is 0 Å². The maximum absolute atomic E-state index is 11.9. The van der Waals surface area contributed by atoms with E-state index in [1.807, 2.05) is 27.7 Å². The van der Waals surface area contributed by atoms with Crippen LogP contribution in [0.25, 0.3) is 0 Å². The molecule has 0 saturated heterocycles. The molecule has 0 bridgehead atoms. The molecule has 0 aromatic carbocycles. The van der Waals surface area contributed by atoms with Crippen LogP contribution < -0.4 is 5.73 Å². The van der Waals surface area contributed by atoms with E-state index >= 15 is 0 Å². The van der Waals surface area contributed by atoms with Crippen molar-refractivity contribution in [1.82, 2.24) is 0 Å². The standard InChI is InChI=1S/C11H25NO2S/c1-9(2)10(3)15(13,14)7-6-11(4,5)8-12/h9-10H,6-8,12H2,1-5H3. The van der Waals surface area contributed by atoms with E-state index in [0.717, 1.165) is 0 Å². The Hall–Kier alpha value is -0.0900. The summed E-state index contributed by atoms with van der Waals surface area (Å²) in [4.78, 5) is 0. The highest BCUT2D eigenvalue weighted by Gasteiger charge is 2.26. The summed E-state index contributed by atoms with van der Waals surface area (Å²) in [5.41, 5.74) is 5.50. The highest BCUT2D eigenvalue weighted by atomic mass is 32.2. The van der Waals surface area contributed by atoms with Gasteiger partial charge in [-0.1, -0.05) is 27.7 Å². The zero-order valence-electron chi connectivity index (χ0n) is 10.6. The predicted molar refractivity (Wildman–Crippen MR) is 65.5 cm³/mol. The van der Waals surface area contributed by atoms with Crippen LogP contribution in [0.5, 0.6) is 0 Å². The van der Waals surface area contributed by atoms with E-state index in [0.29, 0.717) is 13.0 Å². The maximum Gasteiger partial charge on any atom is 0.153 e. The molecule has 0 aliphatic rings. The summed E-state index contributed by atoms with van der Waals surface area (Å²) in [6.07, 6.45) is 0.642. The molecule has 0 saturated carbocycles. The minimum absolute atomic E-state index is 0.0796. The SMILES string of the molecule is CC(C)C(C)S(=O)(=O)CCC(C)(C)CN. The maximum atomic E-state index is 11.9. The molecule has 0 amide bonds. The minimum Gasteiger partial charge on any atom is -0.330 e. The van der Waals surface area contributed by atoms with Crippen LogP contribution in [-0.2, 0) is 9.84 Å². The second-order valence-electron chi connectivity index (χ2n) is 5.43. The van der Waals surface area contributed by atoms with Gasteiger partial charge in [0.15, 0.2) is 9.84 Å². The lowest BCUT2D eigenvalue weighted by molar-refractivity contribution is 0.364. The zero-order valence-corrected chi connectivity index (χ0v) is 11.4. The van der Waals surface area contributed by atoms with Gasteiger partial charge in [-0.2, -0.15) is 0 Å². The van der Waals surface area contributed by atoms with E-state index in [1.54, 1.807) is 6.92 Å². The Morgan fingerprint density at radius 1 is 1.20 bits per heavy atom. The molecule has 0 aliphatic heterocycles. The summed E-state index contributed by atoms with van der Waals surface area (Å²) in [7, 11) is -2.96. The lowest BCUT2D eigenvalue weighted by Crippen LogP contribution is -2.31. The lowest BCUT2D eigenvalue weighted by Gasteiger charge is -2.24. The molecule has 0 aliphatic carbocycles. The average Bonchev–Trinajstić information content (AvgIpc) is 2.14. The Morgan fingerprint density at radius 3 is 2.00 bits per heavy atom. The van der Waals surface area contributed by atoms with Gasteiger partial charge < -0.3 is 5.73 Å². The van der Waals surface area contributed by atoms with Gasteiger partial charge in [0.1, 0.15) is 0 Å². The van der Waals surface area contributed by atoms with Crippen LogP contribution in [0, 0.1) is 11.3 Å². The Balaban J connectivity index is 4.42. The molecular formula is C11H25NO2S. The molecule has 15 heavy (non-hydrogen) atoms. The molecule has 2 N–H and O–H groups in total. The van der Waals surface area contributed by atoms with Gasteiger partial charge in [0.2, 0.25) is 0 Å². The van der Waals surface area contributed by atoms with Gasteiger partial charge in [0.05, 0.1) is 11.0 Å². The van der Waals surface area contributed by atoms with Gasteiger partial charge in [0.25, 0.3) is 0 Å². The van der Waals surface area contributed by atoms with Crippen molar-refractivity contribution in [3.63, 3.8) is 0 Å². The normalized spacial score (nSPS) is 15.7. The second-order valence-corrected chi connectivity index (χ2v) is 7.91. The van der Waals surface area contributed by atoms with Crippen molar-refractivity contribution in [3.8, 4) is 0 Å². The van der Waals surface area contributed by atoms with Crippen LogP contribution in [0.4, 0.5) is 0 Å². The van der Waals surface area contributed by atoms with Gasteiger partial charge in [-0.3, -0.25) is 0 Å². The first-order valence-corrected chi connectivity index (χ1v) is 7.25. The van der Waals surface area contributed by atoms with Gasteiger partial charge in [0, 0.05) is 0 Å². The molecule has 0 heterocycles. The Morgan fingerprint density at radius 2 is 1.67 bits per heavy atom. The predicted octanol–water partition coefficient (Wildman–Crippen LogP) is 1.82. The summed E-state index contributed by atoms with van der Waals surface area (Å²) in [5, 5.41) is -0.258. The first kappa shape index (κ1) is 14.9. The fourth-order valence-corrected chi connectivity index (χ4v) is 3.16. The third kappa shape index (κ3) is 4.98. The van der Waals surface area contributed by atoms with Crippen LogP contribution in [-0.4, -0.2) is 26.0 Å². The number of nitrogens with two attached hydrogens (primary N) is 1. The van der Waals surface area contributed by atoms with Crippen molar-refractivity contribution in [1.29, 1.82) is 0 Å². The monoisotopic (exact) mass is 235 g/mol. The summed E-state index contributed by atoms with van der Waals surface area (Å²) >= 11 is 0. The molecule has 3 nitrogen and oxygen atoms in total. The minimum atomic E-state index is -2.96. The van der Waals surface area contributed by atoms with Crippen molar-refractivity contribution < 1.29 is 8.42 Å². The van der Waals surface area contributed by atoms with Crippen LogP contribution in [0.3, 0.4) is 0 Å². The summed E-state index contributed by atoms with van der Waals surface area (Å²) in [6.45, 7) is 10.2. The number of hydrogen-bond donors (Lipinski definition) is 1. The third-order valence-electron chi connectivity index (χ3n) is 3.12. The highest BCUT2D eigenvalue weighted by Crippen LogP contribution is 2.22. The van der Waals surface area contributed by atoms with Crippen molar-refractivity contribution in [2.24, 2.45) is 17.1 Å². The van der Waals surface area contributed by atoms with Crippen molar-refractivity contribution in [3.05, 3.63) is 0 Å². The van der Waals surface area contributed by atoms with Gasteiger partial charge in [-0.05, 0) is 31.2 Å². The summed E-state index contributed by atoms with van der Waals surface area (Å²) < 4.78 is 23.8. The fraction of sp³-hybridized carbons (Fsp3) is 1.00. The molecular weight excluding hydrogens is 210 g/mol. The lowest BCUT2D eigenvalue weighted by atomic mass is 9.91. The molecule has 0 rings (SSSR count). The number of hydrogen-bond acceptors (Lipinski definition) is 3. The Labute approximate surface area is 94.4 Å². The average molecular weight is 235 g/mol. The molecule has 0 aromatic heterocycles. The van der Waals surface area contributed by atoms with E-state index in [9.17, 15) is 8.42 Å². The molecule has 0 spiro atoms. The molecule has 0 aromatic rings. The van der Waals surface area contributed by atoms with Crippen LogP contribution in [0.2, 0.25) is 0 Å². The fourth-order valence-electron chi connectivity index (χ4n) is 1.12. The van der Waals surface area contributed by atoms with Crippen LogP contribution in [0.1, 0.15) is 41.0 Å². The van der Waals surface area contributed by atoms with Crippen LogP contribution >= 0.6 is 0 Å². The molecule has 0 radical (unpaired) electrons. The number of rotatable bonds is 6. The van der Waals surface area contributed by atoms with Gasteiger partial charge in [-0.15, -0.1) is 0 Å². The largest absolute Gasteiger partial charge is 0.330 e. The first-order valence-electron chi connectivity index (χ1n) is 5.54. The molecule has 1 atom stereocenters. The van der Waals surface area contributed by atoms with Gasteiger partial charge in [-0.25, -0.2) is 8.42 Å². The van der Waals surface area contributed by atoms with Crippen molar-refractivity contribution in [2.45, 2.75) is 46.3 Å². The quantitative estimate of drug-likeness (QED) is 0.764. The van der Waals surface area contributed by atoms with Crippen molar-refractivity contribution >= 4 is 9.84 Å². The van der Waals surface area contributed by atoms with E-state index in [4.69, 9.17) is 5.73 Å². The second kappa shape index (κ2) is 5.30. The third-order valence-corrected chi connectivity index (χ3v) is 5.57. The topological polar surface area (TPSA) is 60.2 Å². The van der Waals surface area contributed by atoms with E-state index < -0.39 is 9.84 Å². The molecule has 0 fully saturated rings. The zero-order chi connectivity index (χ0) is 12.3. The smallest absolute Gasteiger partial charge is 0.153 e. The van der Waals surface area contributed by atoms with E-state index in [2.05, 4.69) is 0 Å². The summed E-state index contributed by atoms with van der Waals surface area (Å²) in [6, 6.07) is 0. The Kier molecular flexibility index (Phi) is 5.27. The van der Waals surface area contributed by atoms with Gasteiger partial charge >= 0.3 is 0 Å². The Bertz CT molecular complexity index is 281. The molecule has 1 unspecified atom stereocenters. The first-order chi connectivity index (χ1) is 6.62. The van der Waals surface area contributed by atoms with Crippen LogP contribution in [0.15, 0.2) is 0 Å².